The third-order valence-electron chi connectivity index (χ3n) is 5.55. The van der Waals surface area contributed by atoms with E-state index in [2.05, 4.69) is 12.2 Å². The first-order valence-electron chi connectivity index (χ1n) is 10.0. The van der Waals surface area contributed by atoms with Gasteiger partial charge in [0.15, 0.2) is 6.61 Å². The molecule has 9 heteroatoms. The molecule has 1 heterocycles. The molecule has 0 bridgehead atoms. The van der Waals surface area contributed by atoms with E-state index in [9.17, 15) is 19.7 Å². The molecule has 1 saturated heterocycles. The molecule has 9 nitrogen and oxygen atoms in total. The number of amides is 1. The van der Waals surface area contributed by atoms with Crippen LogP contribution in [0.4, 0.5) is 11.4 Å². The van der Waals surface area contributed by atoms with Crippen molar-refractivity contribution in [3.05, 3.63) is 33.9 Å². The first-order valence-corrected chi connectivity index (χ1v) is 10.0. The summed E-state index contributed by atoms with van der Waals surface area (Å²) in [6.07, 6.45) is 4.25. The number of carbonyl (C=O) groups is 2. The third-order valence-corrected chi connectivity index (χ3v) is 5.55. The van der Waals surface area contributed by atoms with Crippen molar-refractivity contribution in [2.75, 3.05) is 37.8 Å². The second kappa shape index (κ2) is 9.69. The van der Waals surface area contributed by atoms with Gasteiger partial charge in [0.1, 0.15) is 5.69 Å². The van der Waals surface area contributed by atoms with Gasteiger partial charge >= 0.3 is 5.97 Å². The number of carbonyl (C=O) groups excluding carboxylic acids is 2. The zero-order chi connectivity index (χ0) is 20.8. The maximum Gasteiger partial charge on any atom is 0.338 e. The summed E-state index contributed by atoms with van der Waals surface area (Å²) in [6.45, 7) is 3.78. The van der Waals surface area contributed by atoms with Crippen LogP contribution in [0.1, 0.15) is 43.0 Å². The Morgan fingerprint density at radius 1 is 1.28 bits per heavy atom. The molecule has 0 radical (unpaired) electrons. The van der Waals surface area contributed by atoms with Crippen molar-refractivity contribution >= 4 is 23.3 Å². The van der Waals surface area contributed by atoms with Gasteiger partial charge in [0.05, 0.1) is 23.7 Å². The van der Waals surface area contributed by atoms with Gasteiger partial charge in [-0.3, -0.25) is 14.9 Å². The standard InChI is InChI=1S/C20H27N3O6/c1-14-4-2-3-5-16(14)21-19(24)13-29-20(25)15-6-7-17(18(12-15)23(26)27)22-8-10-28-11-9-22/h6-7,12,14,16H,2-5,8-11,13H2,1H3,(H,21,24)/t14-,16-/m0/s1. The highest BCUT2D eigenvalue weighted by atomic mass is 16.6. The SMILES string of the molecule is C[C@H]1CCCC[C@@H]1NC(=O)COC(=O)c1ccc(N2CCOCC2)c([N+](=O)[O-])c1. The number of nitro groups is 1. The van der Waals surface area contributed by atoms with Crippen molar-refractivity contribution in [2.24, 2.45) is 5.92 Å². The number of ether oxygens (including phenoxy) is 2. The van der Waals surface area contributed by atoms with Gasteiger partial charge in [-0.25, -0.2) is 4.79 Å². The summed E-state index contributed by atoms with van der Waals surface area (Å²) in [7, 11) is 0. The van der Waals surface area contributed by atoms with Crippen LogP contribution in [-0.4, -0.2) is 55.8 Å². The van der Waals surface area contributed by atoms with Gasteiger partial charge in [-0.05, 0) is 30.9 Å². The summed E-state index contributed by atoms with van der Waals surface area (Å²) in [4.78, 5) is 37.3. The van der Waals surface area contributed by atoms with Gasteiger partial charge in [-0.1, -0.05) is 19.8 Å². The predicted molar refractivity (Wildman–Crippen MR) is 106 cm³/mol. The molecule has 2 atom stereocenters. The Balaban J connectivity index is 1.60. The number of nitro benzene ring substituents is 1. The number of hydrogen-bond acceptors (Lipinski definition) is 7. The Labute approximate surface area is 169 Å². The van der Waals surface area contributed by atoms with E-state index in [1.165, 1.54) is 18.6 Å². The van der Waals surface area contributed by atoms with E-state index in [1.807, 2.05) is 4.90 Å². The fourth-order valence-corrected chi connectivity index (χ4v) is 3.86. The smallest absolute Gasteiger partial charge is 0.338 e. The number of rotatable bonds is 6. The Hall–Kier alpha value is -2.68. The van der Waals surface area contributed by atoms with E-state index in [0.29, 0.717) is 37.9 Å². The van der Waals surface area contributed by atoms with Crippen LogP contribution in [0.25, 0.3) is 0 Å². The van der Waals surface area contributed by atoms with Gasteiger partial charge in [0.25, 0.3) is 11.6 Å². The zero-order valence-electron chi connectivity index (χ0n) is 16.6. The van der Waals surface area contributed by atoms with Crippen LogP contribution in [0.3, 0.4) is 0 Å². The molecular weight excluding hydrogens is 378 g/mol. The zero-order valence-corrected chi connectivity index (χ0v) is 16.6. The molecule has 1 aliphatic carbocycles. The quantitative estimate of drug-likeness (QED) is 0.439. The van der Waals surface area contributed by atoms with Crippen LogP contribution in [0.5, 0.6) is 0 Å². The summed E-state index contributed by atoms with van der Waals surface area (Å²) >= 11 is 0. The van der Waals surface area contributed by atoms with Gasteiger partial charge in [-0.2, -0.15) is 0 Å². The van der Waals surface area contributed by atoms with Crippen LogP contribution in [0.15, 0.2) is 18.2 Å². The molecule has 1 aromatic carbocycles. The number of hydrogen-bond donors (Lipinski definition) is 1. The number of morpholine rings is 1. The lowest BCUT2D eigenvalue weighted by atomic mass is 9.86. The Morgan fingerprint density at radius 2 is 2.00 bits per heavy atom. The van der Waals surface area contributed by atoms with Crippen LogP contribution >= 0.6 is 0 Å². The second-order valence-corrected chi connectivity index (χ2v) is 7.57. The molecule has 29 heavy (non-hydrogen) atoms. The molecule has 0 spiro atoms. The number of anilines is 1. The number of nitrogens with zero attached hydrogens (tertiary/aromatic N) is 2. The number of esters is 1. The molecule has 1 amide bonds. The Morgan fingerprint density at radius 3 is 2.69 bits per heavy atom. The van der Waals surface area contributed by atoms with Crippen molar-refractivity contribution in [1.82, 2.24) is 5.32 Å². The summed E-state index contributed by atoms with van der Waals surface area (Å²) < 4.78 is 10.4. The molecule has 3 rings (SSSR count). The Bertz CT molecular complexity index is 763. The molecule has 1 aliphatic heterocycles. The Kier molecular flexibility index (Phi) is 7.03. The van der Waals surface area contributed by atoms with Crippen LogP contribution < -0.4 is 10.2 Å². The fraction of sp³-hybridized carbons (Fsp3) is 0.600. The largest absolute Gasteiger partial charge is 0.452 e. The molecule has 0 unspecified atom stereocenters. The van der Waals surface area contributed by atoms with Gasteiger partial charge in [-0.15, -0.1) is 0 Å². The average molecular weight is 405 g/mol. The van der Waals surface area contributed by atoms with Crippen molar-refractivity contribution < 1.29 is 24.0 Å². The second-order valence-electron chi connectivity index (χ2n) is 7.57. The van der Waals surface area contributed by atoms with Crippen molar-refractivity contribution in [3.8, 4) is 0 Å². The lowest BCUT2D eigenvalue weighted by Gasteiger charge is -2.29. The number of nitrogens with one attached hydrogen (secondary N) is 1. The van der Waals surface area contributed by atoms with Crippen molar-refractivity contribution in [1.29, 1.82) is 0 Å². The molecule has 1 aromatic rings. The highest BCUT2D eigenvalue weighted by molar-refractivity contribution is 5.93. The average Bonchev–Trinajstić information content (AvgIpc) is 2.74. The highest BCUT2D eigenvalue weighted by Crippen LogP contribution is 2.30. The molecular formula is C20H27N3O6. The third kappa shape index (κ3) is 5.44. The van der Waals surface area contributed by atoms with Crippen molar-refractivity contribution in [3.63, 3.8) is 0 Å². The van der Waals surface area contributed by atoms with E-state index in [1.54, 1.807) is 6.07 Å². The molecule has 158 valence electrons. The van der Waals surface area contributed by atoms with E-state index in [4.69, 9.17) is 9.47 Å². The monoisotopic (exact) mass is 405 g/mol. The molecule has 2 fully saturated rings. The van der Waals surface area contributed by atoms with E-state index in [0.717, 1.165) is 19.3 Å². The van der Waals surface area contributed by atoms with Crippen LogP contribution in [0.2, 0.25) is 0 Å². The highest BCUT2D eigenvalue weighted by Gasteiger charge is 2.25. The lowest BCUT2D eigenvalue weighted by Crippen LogP contribution is -2.42. The topological polar surface area (TPSA) is 111 Å². The fourth-order valence-electron chi connectivity index (χ4n) is 3.86. The van der Waals surface area contributed by atoms with Gasteiger partial charge in [0, 0.05) is 25.2 Å². The minimum absolute atomic E-state index is 0.0487. The maximum absolute atomic E-state index is 12.3. The molecule has 0 aromatic heterocycles. The van der Waals surface area contributed by atoms with Gasteiger partial charge in [0.2, 0.25) is 0 Å². The summed E-state index contributed by atoms with van der Waals surface area (Å²) in [6, 6.07) is 4.34. The number of benzene rings is 1. The van der Waals surface area contributed by atoms with Gasteiger partial charge < -0.3 is 19.7 Å². The normalized spacial score (nSPS) is 22.0. The van der Waals surface area contributed by atoms with Crippen LogP contribution in [0, 0.1) is 16.0 Å². The molecule has 2 aliphatic rings. The molecule has 1 N–H and O–H groups in total. The molecule has 1 saturated carbocycles. The summed E-state index contributed by atoms with van der Waals surface area (Å²) in [5.74, 6) is -0.705. The minimum Gasteiger partial charge on any atom is -0.452 e. The maximum atomic E-state index is 12.3. The van der Waals surface area contributed by atoms with E-state index in [-0.39, 0.29) is 23.2 Å². The first-order chi connectivity index (χ1) is 14.0. The summed E-state index contributed by atoms with van der Waals surface area (Å²) in [5.41, 5.74) is 0.327. The predicted octanol–water partition coefficient (Wildman–Crippen LogP) is 2.28. The lowest BCUT2D eigenvalue weighted by molar-refractivity contribution is -0.384. The van der Waals surface area contributed by atoms with Crippen molar-refractivity contribution in [2.45, 2.75) is 38.6 Å². The van der Waals surface area contributed by atoms with Crippen LogP contribution in [-0.2, 0) is 14.3 Å². The first kappa shape index (κ1) is 21.0. The van der Waals surface area contributed by atoms with E-state index < -0.39 is 17.5 Å². The minimum atomic E-state index is -0.756. The summed E-state index contributed by atoms with van der Waals surface area (Å²) in [5, 5.41) is 14.4. The van der Waals surface area contributed by atoms with E-state index >= 15 is 0 Å².